The van der Waals surface area contributed by atoms with Gasteiger partial charge in [0.1, 0.15) is 28.7 Å². The van der Waals surface area contributed by atoms with Crippen LogP contribution in [0.4, 0.5) is 10.1 Å². The van der Waals surface area contributed by atoms with Gasteiger partial charge in [-0.05, 0) is 91.8 Å². The summed E-state index contributed by atoms with van der Waals surface area (Å²) >= 11 is -2.24. The smallest absolute Gasteiger partial charge is 0.262 e. The number of anilines is 1. The van der Waals surface area contributed by atoms with E-state index in [4.69, 9.17) is 13.9 Å². The van der Waals surface area contributed by atoms with Crippen molar-refractivity contribution in [2.45, 2.75) is 37.6 Å². The van der Waals surface area contributed by atoms with Crippen LogP contribution in [-0.2, 0) is 16.0 Å². The number of amides is 1. The second-order valence-corrected chi connectivity index (χ2v) is 10.9. The highest BCUT2D eigenvalue weighted by molar-refractivity contribution is 7.80. The topological polar surface area (TPSA) is 101 Å². The Morgan fingerprint density at radius 1 is 1.02 bits per heavy atom. The van der Waals surface area contributed by atoms with Crippen molar-refractivity contribution in [3.63, 3.8) is 0 Å². The Labute approximate surface area is 233 Å². The molecule has 6 rings (SSSR count). The van der Waals surface area contributed by atoms with Crippen molar-refractivity contribution in [2.75, 3.05) is 24.6 Å². The van der Waals surface area contributed by atoms with E-state index >= 15 is 0 Å². The third-order valence-corrected chi connectivity index (χ3v) is 8.23. The molecule has 1 atom stereocenters. The van der Waals surface area contributed by atoms with Gasteiger partial charge in [-0.2, -0.15) is 0 Å². The van der Waals surface area contributed by atoms with Crippen LogP contribution in [0.3, 0.4) is 0 Å². The number of halogens is 1. The molecular weight excluding hydrogens is 535 g/mol. The van der Waals surface area contributed by atoms with Crippen LogP contribution in [0.15, 0.2) is 65.1 Å². The molecule has 1 saturated carbocycles. The minimum atomic E-state index is -2.24. The van der Waals surface area contributed by atoms with Gasteiger partial charge in [0.2, 0.25) is 0 Å². The fraction of sp³-hybridized carbons (Fsp3) is 0.300. The fourth-order valence-corrected chi connectivity index (χ4v) is 6.05. The molecule has 0 bridgehead atoms. The van der Waals surface area contributed by atoms with Crippen molar-refractivity contribution in [3.05, 3.63) is 77.6 Å². The molecule has 1 aliphatic carbocycles. The molecule has 10 heteroatoms. The Kier molecular flexibility index (Phi) is 7.31. The van der Waals surface area contributed by atoms with E-state index in [2.05, 4.69) is 5.32 Å². The normalized spacial score (nSPS) is 16.6. The molecule has 1 aromatic heterocycles. The average Bonchev–Trinajstić information content (AvgIpc) is 3.75. The van der Waals surface area contributed by atoms with E-state index < -0.39 is 11.3 Å². The minimum absolute atomic E-state index is 0.143. The molecule has 8 nitrogen and oxygen atoms in total. The van der Waals surface area contributed by atoms with Gasteiger partial charge >= 0.3 is 0 Å². The molecule has 2 fully saturated rings. The number of carbonyl (C=O) groups is 1. The Morgan fingerprint density at radius 3 is 2.27 bits per heavy atom. The summed E-state index contributed by atoms with van der Waals surface area (Å²) < 4.78 is 55.4. The Bertz CT molecular complexity index is 1560. The first-order chi connectivity index (χ1) is 19.4. The van der Waals surface area contributed by atoms with Crippen LogP contribution in [0, 0.1) is 5.82 Å². The standard InChI is InChI=1S/C30H29FN2O6S/c1-32-30(34)28-25-16-24(18-2-3-18)26(33(40(35)36)21-12-14-37-15-13-21)17-27(25)39-29(28)19-4-8-22(9-5-19)38-23-10-6-20(31)7-11-23/h4-11,16-18,21H,2-3,12-15H2,1H3,(H,32,34)(H,35,36). The molecular formula is C30H29FN2O6S. The SMILES string of the molecule is CNC(=O)c1c(-c2ccc(Oc3ccc(F)cc3)cc2)oc2cc(N(C3CCOCC3)S(=O)O)c(C3CC3)cc12. The van der Waals surface area contributed by atoms with E-state index in [0.717, 1.165) is 18.4 Å². The average molecular weight is 565 g/mol. The maximum atomic E-state index is 13.2. The van der Waals surface area contributed by atoms with Crippen molar-refractivity contribution in [1.29, 1.82) is 0 Å². The van der Waals surface area contributed by atoms with Gasteiger partial charge in [-0.3, -0.25) is 13.7 Å². The lowest BCUT2D eigenvalue weighted by Gasteiger charge is -2.33. The molecule has 1 saturated heterocycles. The third-order valence-electron chi connectivity index (χ3n) is 7.40. The maximum absolute atomic E-state index is 13.2. The highest BCUT2D eigenvalue weighted by atomic mass is 32.2. The number of fused-ring (bicyclic) bond motifs is 1. The largest absolute Gasteiger partial charge is 0.457 e. The van der Waals surface area contributed by atoms with Crippen molar-refractivity contribution < 1.29 is 31.8 Å². The zero-order valence-corrected chi connectivity index (χ0v) is 22.7. The quantitative estimate of drug-likeness (QED) is 0.241. The van der Waals surface area contributed by atoms with E-state index in [9.17, 15) is 17.9 Å². The molecule has 4 aromatic rings. The van der Waals surface area contributed by atoms with Crippen molar-refractivity contribution >= 4 is 33.8 Å². The third kappa shape index (κ3) is 5.22. The number of benzene rings is 3. The number of ether oxygens (including phenoxy) is 2. The Balaban J connectivity index is 1.42. The molecule has 0 spiro atoms. The molecule has 1 aliphatic heterocycles. The van der Waals surface area contributed by atoms with Crippen molar-refractivity contribution in [2.24, 2.45) is 0 Å². The zero-order valence-electron chi connectivity index (χ0n) is 21.9. The van der Waals surface area contributed by atoms with Crippen LogP contribution < -0.4 is 14.4 Å². The molecule has 2 N–H and O–H groups in total. The van der Waals surface area contributed by atoms with Gasteiger partial charge in [-0.25, -0.2) is 8.60 Å². The van der Waals surface area contributed by atoms with Crippen LogP contribution in [0.1, 0.15) is 47.5 Å². The number of furan rings is 1. The van der Waals surface area contributed by atoms with Crippen LogP contribution >= 0.6 is 0 Å². The van der Waals surface area contributed by atoms with Crippen LogP contribution in [-0.4, -0.2) is 41.0 Å². The molecule has 1 amide bonds. The maximum Gasteiger partial charge on any atom is 0.262 e. The molecule has 1 unspecified atom stereocenters. The summed E-state index contributed by atoms with van der Waals surface area (Å²) in [4.78, 5) is 13.2. The first-order valence-corrected chi connectivity index (χ1v) is 14.3. The van der Waals surface area contributed by atoms with Gasteiger partial charge < -0.3 is 19.2 Å². The molecule has 2 heterocycles. The zero-order chi connectivity index (χ0) is 27.8. The number of nitrogens with zero attached hydrogens (tertiary/aromatic N) is 1. The molecule has 2 aliphatic rings. The molecule has 208 valence electrons. The van der Waals surface area contributed by atoms with E-state index in [1.807, 2.05) is 6.07 Å². The van der Waals surface area contributed by atoms with Crippen molar-refractivity contribution in [3.8, 4) is 22.8 Å². The second-order valence-electron chi connectivity index (χ2n) is 10.0. The highest BCUT2D eigenvalue weighted by Gasteiger charge is 2.35. The van der Waals surface area contributed by atoms with Gasteiger partial charge in [0.05, 0.1) is 11.3 Å². The number of hydrogen-bond acceptors (Lipinski definition) is 5. The highest BCUT2D eigenvalue weighted by Crippen LogP contribution is 2.48. The number of nitrogens with one attached hydrogen (secondary N) is 1. The first-order valence-electron chi connectivity index (χ1n) is 13.3. The Hall–Kier alpha value is -3.73. The summed E-state index contributed by atoms with van der Waals surface area (Å²) in [6.45, 7) is 1.07. The Morgan fingerprint density at radius 2 is 1.68 bits per heavy atom. The summed E-state index contributed by atoms with van der Waals surface area (Å²) in [5, 5.41) is 3.38. The van der Waals surface area contributed by atoms with Crippen LogP contribution in [0.25, 0.3) is 22.3 Å². The monoisotopic (exact) mass is 564 g/mol. The summed E-state index contributed by atoms with van der Waals surface area (Å²) in [6, 6.07) is 16.4. The van der Waals surface area contributed by atoms with Crippen LogP contribution in [0.5, 0.6) is 11.5 Å². The van der Waals surface area contributed by atoms with Gasteiger partial charge in [0.25, 0.3) is 17.2 Å². The number of carbonyl (C=O) groups excluding carboxylic acids is 1. The summed E-state index contributed by atoms with van der Waals surface area (Å²) in [5.74, 6) is 1.06. The van der Waals surface area contributed by atoms with E-state index in [0.29, 0.717) is 71.1 Å². The predicted octanol–water partition coefficient (Wildman–Crippen LogP) is 6.39. The van der Waals surface area contributed by atoms with Crippen molar-refractivity contribution in [1.82, 2.24) is 5.32 Å². The van der Waals surface area contributed by atoms with E-state index in [-0.39, 0.29) is 23.7 Å². The molecule has 40 heavy (non-hydrogen) atoms. The summed E-state index contributed by atoms with van der Waals surface area (Å²) in [7, 11) is 1.57. The molecule has 0 radical (unpaired) electrons. The van der Waals surface area contributed by atoms with Crippen LogP contribution in [0.2, 0.25) is 0 Å². The summed E-state index contributed by atoms with van der Waals surface area (Å²) in [6.07, 6.45) is 3.25. The lowest BCUT2D eigenvalue weighted by Crippen LogP contribution is -2.41. The second kappa shape index (κ2) is 11.0. The van der Waals surface area contributed by atoms with E-state index in [1.165, 1.54) is 12.1 Å². The number of rotatable bonds is 8. The fourth-order valence-electron chi connectivity index (χ4n) is 5.26. The molecule has 3 aromatic carbocycles. The lowest BCUT2D eigenvalue weighted by atomic mass is 9.99. The summed E-state index contributed by atoms with van der Waals surface area (Å²) in [5.41, 5.74) is 3.14. The first kappa shape index (κ1) is 26.5. The lowest BCUT2D eigenvalue weighted by molar-refractivity contribution is 0.0874. The number of hydrogen-bond donors (Lipinski definition) is 2. The van der Waals surface area contributed by atoms with E-state index in [1.54, 1.807) is 53.8 Å². The van der Waals surface area contributed by atoms with Gasteiger partial charge in [-0.15, -0.1) is 0 Å². The van der Waals surface area contributed by atoms with Gasteiger partial charge in [0.15, 0.2) is 0 Å². The predicted molar refractivity (Wildman–Crippen MR) is 151 cm³/mol. The minimum Gasteiger partial charge on any atom is -0.457 e. The van der Waals surface area contributed by atoms with Gasteiger partial charge in [0, 0.05) is 43.3 Å². The van der Waals surface area contributed by atoms with Gasteiger partial charge in [-0.1, -0.05) is 0 Å².